The summed E-state index contributed by atoms with van der Waals surface area (Å²) < 4.78 is 35.1. The lowest BCUT2D eigenvalue weighted by Crippen LogP contribution is -1.87. The molecule has 4 rings (SSSR count). The van der Waals surface area contributed by atoms with Gasteiger partial charge >= 0.3 is 0 Å². The van der Waals surface area contributed by atoms with Crippen LogP contribution in [0.5, 0.6) is 0 Å². The first-order valence-electron chi connectivity index (χ1n) is 8.57. The van der Waals surface area contributed by atoms with Crippen LogP contribution in [0.3, 0.4) is 0 Å². The smallest absolute Gasteiger partial charge is 0.144 e. The van der Waals surface area contributed by atoms with Gasteiger partial charge < -0.3 is 4.98 Å². The first-order chi connectivity index (χ1) is 13.6. The zero-order valence-electron chi connectivity index (χ0n) is 14.7. The number of thiol groups is 1. The van der Waals surface area contributed by atoms with Crippen LogP contribution in [0.1, 0.15) is 5.56 Å². The van der Waals surface area contributed by atoms with E-state index in [4.69, 9.17) is 4.98 Å². The van der Waals surface area contributed by atoms with Crippen molar-refractivity contribution < 1.29 is 12.8 Å². The first kappa shape index (κ1) is 18.1. The van der Waals surface area contributed by atoms with E-state index in [9.17, 15) is 12.8 Å². The Kier molecular flexibility index (Phi) is 4.99. The summed E-state index contributed by atoms with van der Waals surface area (Å²) in [6.45, 7) is 0. The van der Waals surface area contributed by atoms with E-state index in [1.54, 1.807) is 36.7 Å². The Morgan fingerprint density at radius 2 is 1.46 bits per heavy atom. The standard InChI is InChI=1S/C21H16FN3O2S/c22-18-7-5-15(6-8-18)19-20(16-9-11-23-12-10-16)25-21(24-19)17-3-1-14(2-4-17)13-28(26)27/h1-12,28H,13H2,(H,24,25). The van der Waals surface area contributed by atoms with Gasteiger partial charge in [0, 0.05) is 29.1 Å². The van der Waals surface area contributed by atoms with E-state index in [0.29, 0.717) is 5.82 Å². The fourth-order valence-corrected chi connectivity index (χ4v) is 3.48. The largest absolute Gasteiger partial charge is 0.337 e. The quantitative estimate of drug-likeness (QED) is 0.502. The van der Waals surface area contributed by atoms with E-state index < -0.39 is 10.7 Å². The number of nitrogens with one attached hydrogen (secondary N) is 1. The number of hydrogen-bond donors (Lipinski definition) is 2. The molecule has 2 heterocycles. The molecule has 0 saturated heterocycles. The Balaban J connectivity index is 1.80. The molecule has 0 spiro atoms. The number of rotatable bonds is 5. The van der Waals surface area contributed by atoms with Crippen molar-refractivity contribution in [3.63, 3.8) is 0 Å². The average molecular weight is 393 g/mol. The highest BCUT2D eigenvalue weighted by Gasteiger charge is 2.15. The predicted molar refractivity (Wildman–Crippen MR) is 107 cm³/mol. The van der Waals surface area contributed by atoms with Crippen LogP contribution in [0.15, 0.2) is 73.1 Å². The lowest BCUT2D eigenvalue weighted by Gasteiger charge is -2.02. The molecule has 0 unspecified atom stereocenters. The molecule has 0 radical (unpaired) electrons. The molecule has 0 aliphatic carbocycles. The van der Waals surface area contributed by atoms with Gasteiger partial charge in [0.25, 0.3) is 0 Å². The maximum atomic E-state index is 13.3. The zero-order chi connectivity index (χ0) is 19.5. The molecule has 2 aromatic carbocycles. The van der Waals surface area contributed by atoms with Crippen molar-refractivity contribution in [1.82, 2.24) is 15.0 Å². The molecule has 0 fully saturated rings. The van der Waals surface area contributed by atoms with Crippen LogP contribution in [0.2, 0.25) is 0 Å². The Labute approximate surface area is 162 Å². The Morgan fingerprint density at radius 3 is 2.11 bits per heavy atom. The number of pyridine rings is 1. The van der Waals surface area contributed by atoms with Crippen molar-refractivity contribution >= 4 is 10.7 Å². The van der Waals surface area contributed by atoms with Crippen molar-refractivity contribution in [2.45, 2.75) is 5.75 Å². The molecule has 1 N–H and O–H groups in total. The summed E-state index contributed by atoms with van der Waals surface area (Å²) in [4.78, 5) is 12.1. The van der Waals surface area contributed by atoms with Crippen LogP contribution in [-0.4, -0.2) is 23.4 Å². The number of halogens is 1. The number of aromatic nitrogens is 3. The molecule has 4 aromatic rings. The van der Waals surface area contributed by atoms with E-state index >= 15 is 0 Å². The van der Waals surface area contributed by atoms with E-state index in [0.717, 1.165) is 33.6 Å². The minimum Gasteiger partial charge on any atom is -0.337 e. The minimum absolute atomic E-state index is 0.0108. The van der Waals surface area contributed by atoms with Gasteiger partial charge in [0.05, 0.1) is 17.1 Å². The number of H-pyrrole nitrogens is 1. The molecule has 0 amide bonds. The van der Waals surface area contributed by atoms with Crippen molar-refractivity contribution in [3.05, 3.63) is 84.4 Å². The fraction of sp³-hybridized carbons (Fsp3) is 0.0476. The monoisotopic (exact) mass is 393 g/mol. The molecule has 5 nitrogen and oxygen atoms in total. The number of nitrogens with zero attached hydrogens (tertiary/aromatic N) is 2. The Morgan fingerprint density at radius 1 is 0.821 bits per heavy atom. The lowest BCUT2D eigenvalue weighted by atomic mass is 10.1. The van der Waals surface area contributed by atoms with Crippen LogP contribution < -0.4 is 0 Å². The molecule has 140 valence electrons. The second kappa shape index (κ2) is 7.74. The van der Waals surface area contributed by atoms with Gasteiger partial charge in [0.15, 0.2) is 0 Å². The maximum absolute atomic E-state index is 13.3. The van der Waals surface area contributed by atoms with Gasteiger partial charge in [-0.2, -0.15) is 0 Å². The van der Waals surface area contributed by atoms with Crippen molar-refractivity contribution in [2.24, 2.45) is 0 Å². The van der Waals surface area contributed by atoms with Crippen LogP contribution in [0.25, 0.3) is 33.9 Å². The van der Waals surface area contributed by atoms with Crippen molar-refractivity contribution in [3.8, 4) is 33.9 Å². The average Bonchev–Trinajstić information content (AvgIpc) is 3.15. The number of benzene rings is 2. The molecule has 28 heavy (non-hydrogen) atoms. The topological polar surface area (TPSA) is 75.7 Å². The lowest BCUT2D eigenvalue weighted by molar-refractivity contribution is 0.614. The molecular formula is C21H16FN3O2S. The molecule has 2 aromatic heterocycles. The highest BCUT2D eigenvalue weighted by atomic mass is 32.2. The van der Waals surface area contributed by atoms with Gasteiger partial charge in [0.2, 0.25) is 0 Å². The third kappa shape index (κ3) is 3.84. The number of hydrogen-bond acceptors (Lipinski definition) is 4. The molecule has 0 bridgehead atoms. The predicted octanol–water partition coefficient (Wildman–Crippen LogP) is 4.06. The Hall–Kier alpha value is -3.32. The third-order valence-electron chi connectivity index (χ3n) is 4.33. The maximum Gasteiger partial charge on any atom is 0.144 e. The summed E-state index contributed by atoms with van der Waals surface area (Å²) in [5.41, 5.74) is 4.75. The summed E-state index contributed by atoms with van der Waals surface area (Å²) in [6, 6.07) is 17.1. The van der Waals surface area contributed by atoms with Crippen molar-refractivity contribution in [1.29, 1.82) is 0 Å². The van der Waals surface area contributed by atoms with Crippen LogP contribution in [0, 0.1) is 5.82 Å². The molecular weight excluding hydrogens is 377 g/mol. The molecule has 0 atom stereocenters. The van der Waals surface area contributed by atoms with Crippen LogP contribution in [0.4, 0.5) is 4.39 Å². The molecule has 0 saturated carbocycles. The number of imidazole rings is 1. The minimum atomic E-state index is -2.47. The SMILES string of the molecule is O=[SH](=O)Cc1ccc(-c2nc(-c3ccncc3)c(-c3ccc(F)cc3)[nH]2)cc1. The van der Waals surface area contributed by atoms with Gasteiger partial charge in [-0.1, -0.05) is 24.3 Å². The summed E-state index contributed by atoms with van der Waals surface area (Å²) >= 11 is 0. The second-order valence-electron chi connectivity index (χ2n) is 6.24. The molecule has 0 aliphatic rings. The highest BCUT2D eigenvalue weighted by molar-refractivity contribution is 7.71. The third-order valence-corrected chi connectivity index (χ3v) is 4.95. The summed E-state index contributed by atoms with van der Waals surface area (Å²) in [7, 11) is -2.47. The highest BCUT2D eigenvalue weighted by Crippen LogP contribution is 2.33. The molecule has 7 heteroatoms. The van der Waals surface area contributed by atoms with Gasteiger partial charge in [-0.25, -0.2) is 17.8 Å². The second-order valence-corrected chi connectivity index (χ2v) is 7.22. The van der Waals surface area contributed by atoms with E-state index in [1.807, 2.05) is 24.3 Å². The van der Waals surface area contributed by atoms with E-state index in [1.165, 1.54) is 12.1 Å². The summed E-state index contributed by atoms with van der Waals surface area (Å²) in [6.07, 6.45) is 3.38. The van der Waals surface area contributed by atoms with Crippen LogP contribution >= 0.6 is 0 Å². The van der Waals surface area contributed by atoms with E-state index in [-0.39, 0.29) is 11.6 Å². The van der Waals surface area contributed by atoms with E-state index in [2.05, 4.69) is 9.97 Å². The van der Waals surface area contributed by atoms with Gasteiger partial charge in [-0.05, 0) is 42.0 Å². The van der Waals surface area contributed by atoms with Crippen LogP contribution in [-0.2, 0) is 16.5 Å². The Bertz CT molecular complexity index is 1160. The zero-order valence-corrected chi connectivity index (χ0v) is 15.6. The normalized spacial score (nSPS) is 11.1. The summed E-state index contributed by atoms with van der Waals surface area (Å²) in [5.74, 6) is 0.349. The van der Waals surface area contributed by atoms with Gasteiger partial charge in [-0.3, -0.25) is 4.98 Å². The summed E-state index contributed by atoms with van der Waals surface area (Å²) in [5, 5.41) is 0. The first-order valence-corrected chi connectivity index (χ1v) is 9.94. The van der Waals surface area contributed by atoms with Gasteiger partial charge in [0.1, 0.15) is 22.3 Å². The number of aromatic amines is 1. The molecule has 0 aliphatic heterocycles. The van der Waals surface area contributed by atoms with Gasteiger partial charge in [-0.15, -0.1) is 0 Å². The fourth-order valence-electron chi connectivity index (χ4n) is 2.97. The van der Waals surface area contributed by atoms with Crippen molar-refractivity contribution in [2.75, 3.05) is 0 Å².